The number of carbonyl (C=O) groups excluding carboxylic acids is 1. The smallest absolute Gasteiger partial charge is 0.341 e. The summed E-state index contributed by atoms with van der Waals surface area (Å²) in [6, 6.07) is 5.08. The van der Waals surface area contributed by atoms with E-state index < -0.39 is 11.6 Å². The summed E-state index contributed by atoms with van der Waals surface area (Å²) < 4.78 is 11.1. The number of ether oxygens (including phenoxy) is 2. The maximum absolute atomic E-state index is 11.6. The van der Waals surface area contributed by atoms with Crippen molar-refractivity contribution in [1.29, 1.82) is 0 Å². The fourth-order valence-corrected chi connectivity index (χ4v) is 1.53. The number of hydrogen-bond donors (Lipinski definition) is 0. The zero-order chi connectivity index (χ0) is 13.1. The third-order valence-electron chi connectivity index (χ3n) is 2.06. The summed E-state index contributed by atoms with van der Waals surface area (Å²) in [6.07, 6.45) is 5.34. The Labute approximate surface area is 109 Å². The summed E-state index contributed by atoms with van der Waals surface area (Å²) in [5.74, 6) is 2.44. The van der Waals surface area contributed by atoms with Crippen LogP contribution in [0, 0.1) is 12.3 Å². The highest BCUT2D eigenvalue weighted by atomic mass is 79.9. The van der Waals surface area contributed by atoms with Crippen LogP contribution in [0.3, 0.4) is 0 Å². The summed E-state index contributed by atoms with van der Waals surface area (Å²) in [5.41, 5.74) is -0.443. The molecule has 1 aromatic carbocycles. The Morgan fingerprint density at radius 2 is 2.12 bits per heavy atom. The van der Waals surface area contributed by atoms with Crippen molar-refractivity contribution in [3.05, 3.63) is 28.2 Å². The molecule has 0 saturated carbocycles. The Bertz CT molecular complexity index is 472. The molecule has 1 rings (SSSR count). The lowest BCUT2D eigenvalue weighted by Crippen LogP contribution is -2.26. The highest BCUT2D eigenvalue weighted by Crippen LogP contribution is 2.27. The Kier molecular flexibility index (Phi) is 4.19. The highest BCUT2D eigenvalue weighted by molar-refractivity contribution is 9.10. The van der Waals surface area contributed by atoms with Gasteiger partial charge in [0, 0.05) is 4.47 Å². The van der Waals surface area contributed by atoms with Gasteiger partial charge in [0.25, 0.3) is 0 Å². The maximum atomic E-state index is 11.6. The summed E-state index contributed by atoms with van der Waals surface area (Å²) in [6.45, 7) is 3.49. The molecule has 1 aromatic rings. The predicted molar refractivity (Wildman–Crippen MR) is 69.0 cm³/mol. The van der Waals surface area contributed by atoms with Crippen molar-refractivity contribution in [2.24, 2.45) is 0 Å². The van der Waals surface area contributed by atoms with E-state index in [0.29, 0.717) is 11.3 Å². The van der Waals surface area contributed by atoms with Crippen LogP contribution in [0.15, 0.2) is 22.7 Å². The van der Waals surface area contributed by atoms with Crippen LogP contribution in [-0.4, -0.2) is 18.7 Å². The lowest BCUT2D eigenvalue weighted by molar-refractivity contribution is 0.0591. The van der Waals surface area contributed by atoms with E-state index in [2.05, 4.69) is 26.6 Å². The second kappa shape index (κ2) is 5.24. The second-order valence-corrected chi connectivity index (χ2v) is 4.80. The molecule has 0 aliphatic carbocycles. The molecule has 0 N–H and O–H groups in total. The van der Waals surface area contributed by atoms with Crippen molar-refractivity contribution in [3.63, 3.8) is 0 Å². The van der Waals surface area contributed by atoms with Gasteiger partial charge in [-0.3, -0.25) is 0 Å². The van der Waals surface area contributed by atoms with E-state index in [1.807, 2.05) is 0 Å². The van der Waals surface area contributed by atoms with Crippen molar-refractivity contribution >= 4 is 21.9 Å². The first-order valence-corrected chi connectivity index (χ1v) is 5.73. The number of halogens is 1. The number of rotatable bonds is 3. The summed E-state index contributed by atoms with van der Waals surface area (Å²) >= 11 is 3.29. The first-order valence-electron chi connectivity index (χ1n) is 4.94. The van der Waals surface area contributed by atoms with Gasteiger partial charge >= 0.3 is 5.97 Å². The number of esters is 1. The molecule has 0 aliphatic rings. The van der Waals surface area contributed by atoms with E-state index in [-0.39, 0.29) is 0 Å². The van der Waals surface area contributed by atoms with Crippen molar-refractivity contribution < 1.29 is 14.3 Å². The van der Waals surface area contributed by atoms with Crippen LogP contribution < -0.4 is 4.74 Å². The number of benzene rings is 1. The fourth-order valence-electron chi connectivity index (χ4n) is 1.17. The molecule has 4 heteroatoms. The summed E-state index contributed by atoms with van der Waals surface area (Å²) in [4.78, 5) is 11.6. The van der Waals surface area contributed by atoms with Crippen LogP contribution in [0.1, 0.15) is 24.2 Å². The molecule has 0 saturated heterocycles. The monoisotopic (exact) mass is 296 g/mol. The minimum atomic E-state index is -0.781. The van der Waals surface area contributed by atoms with E-state index >= 15 is 0 Å². The number of carbonyl (C=O) groups is 1. The molecule has 0 spiro atoms. The Morgan fingerprint density at radius 1 is 1.47 bits per heavy atom. The molecule has 0 bridgehead atoms. The minimum Gasteiger partial charge on any atom is -0.474 e. The zero-order valence-corrected chi connectivity index (χ0v) is 11.5. The SMILES string of the molecule is C#CC(C)(C)Oc1ccc(Br)cc1C(=O)OC. The molecule has 3 nitrogen and oxygen atoms in total. The first-order chi connectivity index (χ1) is 7.89. The Morgan fingerprint density at radius 3 is 2.65 bits per heavy atom. The average molecular weight is 297 g/mol. The van der Waals surface area contributed by atoms with E-state index in [4.69, 9.17) is 11.2 Å². The Balaban J connectivity index is 3.16. The number of terminal acetylenes is 1. The molecule has 0 amide bonds. The molecule has 0 heterocycles. The maximum Gasteiger partial charge on any atom is 0.341 e. The first kappa shape index (κ1) is 13.6. The third-order valence-corrected chi connectivity index (χ3v) is 2.55. The van der Waals surface area contributed by atoms with E-state index in [9.17, 15) is 4.79 Å². The van der Waals surface area contributed by atoms with Crippen molar-refractivity contribution in [3.8, 4) is 18.1 Å². The van der Waals surface area contributed by atoms with Crippen LogP contribution in [-0.2, 0) is 4.74 Å². The molecular weight excluding hydrogens is 284 g/mol. The molecule has 0 atom stereocenters. The van der Waals surface area contributed by atoms with Crippen LogP contribution in [0.2, 0.25) is 0 Å². The number of hydrogen-bond acceptors (Lipinski definition) is 3. The van der Waals surface area contributed by atoms with Gasteiger partial charge in [-0.05, 0) is 32.0 Å². The zero-order valence-electron chi connectivity index (χ0n) is 9.91. The second-order valence-electron chi connectivity index (χ2n) is 3.89. The summed E-state index contributed by atoms with van der Waals surface area (Å²) in [7, 11) is 1.32. The largest absolute Gasteiger partial charge is 0.474 e. The molecule has 0 aliphatic heterocycles. The van der Waals surface area contributed by atoms with E-state index in [0.717, 1.165) is 4.47 Å². The third kappa shape index (κ3) is 3.50. The topological polar surface area (TPSA) is 35.5 Å². The van der Waals surface area contributed by atoms with Gasteiger partial charge in [-0.15, -0.1) is 6.42 Å². The van der Waals surface area contributed by atoms with Crippen LogP contribution in [0.5, 0.6) is 5.75 Å². The lowest BCUT2D eigenvalue weighted by atomic mass is 10.1. The molecule has 0 fully saturated rings. The van der Waals surface area contributed by atoms with E-state index in [1.165, 1.54) is 7.11 Å². The van der Waals surface area contributed by atoms with Crippen molar-refractivity contribution in [2.45, 2.75) is 19.4 Å². The van der Waals surface area contributed by atoms with Gasteiger partial charge in [0.15, 0.2) is 5.60 Å². The molecular formula is C13H13BrO3. The van der Waals surface area contributed by atoms with Gasteiger partial charge < -0.3 is 9.47 Å². The van der Waals surface area contributed by atoms with Gasteiger partial charge in [0.2, 0.25) is 0 Å². The summed E-state index contributed by atoms with van der Waals surface area (Å²) in [5, 5.41) is 0. The molecule has 0 radical (unpaired) electrons. The normalized spacial score (nSPS) is 10.5. The quantitative estimate of drug-likeness (QED) is 0.635. The van der Waals surface area contributed by atoms with E-state index in [1.54, 1.807) is 32.0 Å². The molecule has 0 unspecified atom stereocenters. The van der Waals surface area contributed by atoms with Crippen molar-refractivity contribution in [2.75, 3.05) is 7.11 Å². The van der Waals surface area contributed by atoms with Gasteiger partial charge in [0.1, 0.15) is 11.3 Å². The van der Waals surface area contributed by atoms with Crippen molar-refractivity contribution in [1.82, 2.24) is 0 Å². The molecule has 0 aromatic heterocycles. The van der Waals surface area contributed by atoms with Gasteiger partial charge in [-0.25, -0.2) is 4.79 Å². The molecule has 90 valence electrons. The minimum absolute atomic E-state index is 0.338. The van der Waals surface area contributed by atoms with Crippen LogP contribution in [0.4, 0.5) is 0 Å². The predicted octanol–water partition coefficient (Wildman–Crippen LogP) is 3.03. The number of methoxy groups -OCH3 is 1. The van der Waals surface area contributed by atoms with Crippen LogP contribution >= 0.6 is 15.9 Å². The molecule has 17 heavy (non-hydrogen) atoms. The van der Waals surface area contributed by atoms with Gasteiger partial charge in [-0.1, -0.05) is 21.9 Å². The van der Waals surface area contributed by atoms with Gasteiger partial charge in [-0.2, -0.15) is 0 Å². The standard InChI is InChI=1S/C13H13BrO3/c1-5-13(2,3)17-11-7-6-9(14)8-10(11)12(15)16-4/h1,6-8H,2-4H3. The lowest BCUT2D eigenvalue weighted by Gasteiger charge is -2.21. The fraction of sp³-hybridized carbons (Fsp3) is 0.308. The average Bonchev–Trinajstić information content (AvgIpc) is 2.30. The van der Waals surface area contributed by atoms with Crippen LogP contribution in [0.25, 0.3) is 0 Å². The highest BCUT2D eigenvalue weighted by Gasteiger charge is 2.21. The van der Waals surface area contributed by atoms with Gasteiger partial charge in [0.05, 0.1) is 7.11 Å². The Hall–Kier alpha value is -1.47.